The zero-order chi connectivity index (χ0) is 19.6. The van der Waals surface area contributed by atoms with Crippen LogP contribution in [0.15, 0.2) is 0 Å². The Labute approximate surface area is 163 Å². The molecule has 0 bridgehead atoms. The molecular formula is C20H26F2N4O2. The van der Waals surface area contributed by atoms with Gasteiger partial charge < -0.3 is 14.5 Å². The van der Waals surface area contributed by atoms with Gasteiger partial charge in [-0.3, -0.25) is 4.79 Å². The predicted octanol–water partition coefficient (Wildman–Crippen LogP) is 2.75. The molecule has 2 unspecified atom stereocenters. The molecule has 4 aliphatic rings. The van der Waals surface area contributed by atoms with E-state index in [1.165, 1.54) is 0 Å². The van der Waals surface area contributed by atoms with E-state index in [2.05, 4.69) is 16.8 Å². The van der Waals surface area contributed by atoms with E-state index >= 15 is 0 Å². The van der Waals surface area contributed by atoms with Crippen LogP contribution in [-0.4, -0.2) is 48.2 Å². The van der Waals surface area contributed by atoms with Crippen LogP contribution in [0.25, 0.3) is 0 Å². The summed E-state index contributed by atoms with van der Waals surface area (Å²) in [6, 6.07) is 0.293. The monoisotopic (exact) mass is 392 g/mol. The Bertz CT molecular complexity index is 806. The lowest BCUT2D eigenvalue weighted by atomic mass is 10.1. The summed E-state index contributed by atoms with van der Waals surface area (Å²) in [5.74, 6) is -0.639. The predicted molar refractivity (Wildman–Crippen MR) is 99.6 cm³/mol. The van der Waals surface area contributed by atoms with Crippen LogP contribution in [0, 0.1) is 17.8 Å². The third-order valence-electron chi connectivity index (χ3n) is 6.96. The van der Waals surface area contributed by atoms with E-state index in [-0.39, 0.29) is 18.1 Å². The highest BCUT2D eigenvalue weighted by Crippen LogP contribution is 2.55. The standard InChI is InChI=1S/C20H26F2N4O2/c1-3-28-16(27)8-13-14-9-25(10-15(13)14)18-12-4-6-20(21,22)17(12)23-19(24-18)26-7-5-11(26)2/h11,13-15H,3-10H2,1-2H3/t11?,13?,14-,15+. The second kappa shape index (κ2) is 6.26. The summed E-state index contributed by atoms with van der Waals surface area (Å²) >= 11 is 0. The Morgan fingerprint density at radius 3 is 2.64 bits per heavy atom. The van der Waals surface area contributed by atoms with Crippen LogP contribution in [0.3, 0.4) is 0 Å². The summed E-state index contributed by atoms with van der Waals surface area (Å²) < 4.78 is 34.0. The fourth-order valence-electron chi connectivity index (χ4n) is 5.13. The van der Waals surface area contributed by atoms with E-state index in [0.717, 1.165) is 26.1 Å². The molecule has 28 heavy (non-hydrogen) atoms. The van der Waals surface area contributed by atoms with Gasteiger partial charge in [-0.25, -0.2) is 4.98 Å². The van der Waals surface area contributed by atoms with Crippen molar-refractivity contribution in [2.24, 2.45) is 17.8 Å². The molecule has 0 spiro atoms. The number of nitrogens with zero attached hydrogens (tertiary/aromatic N) is 4. The molecule has 152 valence electrons. The van der Waals surface area contributed by atoms with E-state index in [1.54, 1.807) is 0 Å². The maximum atomic E-state index is 14.5. The minimum atomic E-state index is -2.87. The molecule has 0 N–H and O–H groups in total. The van der Waals surface area contributed by atoms with Gasteiger partial charge in [-0.2, -0.15) is 13.8 Å². The number of fused-ring (bicyclic) bond motifs is 2. The SMILES string of the molecule is CCOC(=O)CC1[C@H]2CN(c3nc(N4CCC4C)nc4c3CCC4(F)F)C[C@@H]12. The number of anilines is 2. The normalized spacial score (nSPS) is 32.0. The molecule has 2 aliphatic carbocycles. The van der Waals surface area contributed by atoms with Gasteiger partial charge >= 0.3 is 5.97 Å². The summed E-state index contributed by atoms with van der Waals surface area (Å²) in [6.07, 6.45) is 1.64. The van der Waals surface area contributed by atoms with Crippen molar-refractivity contribution >= 4 is 17.7 Å². The lowest BCUT2D eigenvalue weighted by Gasteiger charge is -2.39. The summed E-state index contributed by atoms with van der Waals surface area (Å²) in [5, 5.41) is 0. The van der Waals surface area contributed by atoms with Crippen LogP contribution in [0.2, 0.25) is 0 Å². The van der Waals surface area contributed by atoms with E-state index < -0.39 is 5.92 Å². The van der Waals surface area contributed by atoms with E-state index in [4.69, 9.17) is 9.72 Å². The lowest BCUT2D eigenvalue weighted by Crippen LogP contribution is -2.47. The fraction of sp³-hybridized carbons (Fsp3) is 0.750. The van der Waals surface area contributed by atoms with Gasteiger partial charge in [0.25, 0.3) is 5.92 Å². The molecule has 5 rings (SSSR count). The topological polar surface area (TPSA) is 58.6 Å². The number of hydrogen-bond donors (Lipinski definition) is 0. The number of rotatable bonds is 5. The number of carbonyl (C=O) groups excluding carboxylic acids is 1. The number of aromatic nitrogens is 2. The summed E-state index contributed by atoms with van der Waals surface area (Å²) in [4.78, 5) is 24.9. The molecular weight excluding hydrogens is 366 g/mol. The molecule has 2 saturated heterocycles. The number of esters is 1. The van der Waals surface area contributed by atoms with Crippen LogP contribution in [0.5, 0.6) is 0 Å². The Balaban J connectivity index is 1.37. The van der Waals surface area contributed by atoms with Gasteiger partial charge in [0.2, 0.25) is 5.95 Å². The van der Waals surface area contributed by atoms with E-state index in [1.807, 2.05) is 11.8 Å². The van der Waals surface area contributed by atoms with Crippen LogP contribution < -0.4 is 9.80 Å². The van der Waals surface area contributed by atoms with Crippen molar-refractivity contribution in [3.05, 3.63) is 11.3 Å². The average Bonchev–Trinajstić information content (AvgIpc) is 2.97. The van der Waals surface area contributed by atoms with Crippen molar-refractivity contribution < 1.29 is 18.3 Å². The third kappa shape index (κ3) is 2.75. The second-order valence-corrected chi connectivity index (χ2v) is 8.62. The lowest BCUT2D eigenvalue weighted by molar-refractivity contribution is -0.143. The van der Waals surface area contributed by atoms with Crippen molar-refractivity contribution in [2.75, 3.05) is 36.0 Å². The van der Waals surface area contributed by atoms with Crippen molar-refractivity contribution in [3.8, 4) is 0 Å². The van der Waals surface area contributed by atoms with Crippen LogP contribution in [0.1, 0.15) is 44.4 Å². The largest absolute Gasteiger partial charge is 0.466 e. The van der Waals surface area contributed by atoms with Gasteiger partial charge in [0.05, 0.1) is 6.61 Å². The van der Waals surface area contributed by atoms with Gasteiger partial charge in [-0.15, -0.1) is 0 Å². The number of ether oxygens (including phenoxy) is 1. The smallest absolute Gasteiger partial charge is 0.306 e. The van der Waals surface area contributed by atoms with Gasteiger partial charge in [0, 0.05) is 44.1 Å². The number of carbonyl (C=O) groups is 1. The first-order valence-electron chi connectivity index (χ1n) is 10.4. The summed E-state index contributed by atoms with van der Waals surface area (Å²) in [5.41, 5.74) is 0.542. The molecule has 3 fully saturated rings. The molecule has 8 heteroatoms. The number of alkyl halides is 2. The average molecular weight is 392 g/mol. The Morgan fingerprint density at radius 2 is 2.04 bits per heavy atom. The van der Waals surface area contributed by atoms with Crippen LogP contribution >= 0.6 is 0 Å². The second-order valence-electron chi connectivity index (χ2n) is 8.62. The minimum absolute atomic E-state index is 0.0738. The Kier molecular flexibility index (Phi) is 4.04. The first kappa shape index (κ1) is 18.1. The van der Waals surface area contributed by atoms with E-state index in [9.17, 15) is 13.6 Å². The molecule has 2 aliphatic heterocycles. The Hall–Kier alpha value is -1.99. The van der Waals surface area contributed by atoms with Gasteiger partial charge in [0.15, 0.2) is 0 Å². The molecule has 1 saturated carbocycles. The molecule has 6 nitrogen and oxygen atoms in total. The zero-order valence-corrected chi connectivity index (χ0v) is 16.3. The van der Waals surface area contributed by atoms with Crippen molar-refractivity contribution in [3.63, 3.8) is 0 Å². The fourth-order valence-corrected chi connectivity index (χ4v) is 5.13. The van der Waals surface area contributed by atoms with Crippen molar-refractivity contribution in [1.29, 1.82) is 0 Å². The maximum absolute atomic E-state index is 14.5. The van der Waals surface area contributed by atoms with Gasteiger partial charge in [-0.1, -0.05) is 0 Å². The van der Waals surface area contributed by atoms with Crippen LogP contribution in [0.4, 0.5) is 20.5 Å². The van der Waals surface area contributed by atoms with Gasteiger partial charge in [-0.05, 0) is 44.4 Å². The molecule has 0 amide bonds. The number of hydrogen-bond acceptors (Lipinski definition) is 6. The number of piperidine rings is 1. The molecule has 4 atom stereocenters. The molecule has 3 heterocycles. The van der Waals surface area contributed by atoms with E-state index in [0.29, 0.717) is 60.6 Å². The quantitative estimate of drug-likeness (QED) is 0.719. The maximum Gasteiger partial charge on any atom is 0.306 e. The molecule has 1 aromatic rings. The summed E-state index contributed by atoms with van der Waals surface area (Å²) in [7, 11) is 0. The Morgan fingerprint density at radius 1 is 1.29 bits per heavy atom. The van der Waals surface area contributed by atoms with Crippen molar-refractivity contribution in [1.82, 2.24) is 9.97 Å². The molecule has 0 radical (unpaired) electrons. The highest BCUT2D eigenvalue weighted by atomic mass is 19.3. The minimum Gasteiger partial charge on any atom is -0.466 e. The van der Waals surface area contributed by atoms with Crippen molar-refractivity contribution in [2.45, 2.75) is 51.5 Å². The molecule has 0 aromatic carbocycles. The van der Waals surface area contributed by atoms with Crippen LogP contribution in [-0.2, 0) is 21.9 Å². The highest BCUT2D eigenvalue weighted by molar-refractivity contribution is 5.70. The zero-order valence-electron chi connectivity index (χ0n) is 16.3. The van der Waals surface area contributed by atoms with Gasteiger partial charge in [0.1, 0.15) is 11.5 Å². The highest BCUT2D eigenvalue weighted by Gasteiger charge is 2.57. The molecule has 1 aromatic heterocycles. The first-order chi connectivity index (χ1) is 13.4. The summed E-state index contributed by atoms with van der Waals surface area (Å²) in [6.45, 7) is 6.67. The third-order valence-corrected chi connectivity index (χ3v) is 6.96. The first-order valence-corrected chi connectivity index (χ1v) is 10.4. The number of halogens is 2.